The lowest BCUT2D eigenvalue weighted by Crippen LogP contribution is -2.22. The third-order valence-electron chi connectivity index (χ3n) is 2.18. The second-order valence-electron chi connectivity index (χ2n) is 3.45. The van der Waals surface area contributed by atoms with Crippen molar-refractivity contribution in [2.45, 2.75) is 13.2 Å². The molecule has 18 heavy (non-hydrogen) atoms. The normalized spacial score (nSPS) is 10.6. The number of aromatic nitrogens is 1. The van der Waals surface area contributed by atoms with Crippen molar-refractivity contribution in [3.63, 3.8) is 0 Å². The molecule has 0 bridgehead atoms. The van der Waals surface area contributed by atoms with E-state index in [0.29, 0.717) is 23.7 Å². The first-order chi connectivity index (χ1) is 8.70. The average molecular weight is 347 g/mol. The number of hydrogen-bond acceptors (Lipinski definition) is 5. The number of rotatable bonds is 5. The van der Waals surface area contributed by atoms with E-state index >= 15 is 0 Å². The lowest BCUT2D eigenvalue weighted by molar-refractivity contribution is 0.0950. The SMILES string of the molecule is COCc1ncsc1C(=O)NCc1ccc(Br)s1. The van der Waals surface area contributed by atoms with Crippen LogP contribution in [0.3, 0.4) is 0 Å². The maximum absolute atomic E-state index is 12.0. The van der Waals surface area contributed by atoms with Crippen molar-refractivity contribution < 1.29 is 9.53 Å². The summed E-state index contributed by atoms with van der Waals surface area (Å²) < 4.78 is 6.06. The second kappa shape index (κ2) is 6.42. The van der Waals surface area contributed by atoms with Crippen LogP contribution in [0.25, 0.3) is 0 Å². The van der Waals surface area contributed by atoms with Crippen molar-refractivity contribution in [3.05, 3.63) is 36.9 Å². The van der Waals surface area contributed by atoms with Gasteiger partial charge >= 0.3 is 0 Å². The van der Waals surface area contributed by atoms with Crippen LogP contribution in [0.2, 0.25) is 0 Å². The predicted octanol–water partition coefficient (Wildman–Crippen LogP) is 3.04. The molecule has 0 fully saturated rings. The summed E-state index contributed by atoms with van der Waals surface area (Å²) >= 11 is 6.33. The van der Waals surface area contributed by atoms with Gasteiger partial charge in [-0.25, -0.2) is 4.98 Å². The first kappa shape index (κ1) is 13.7. The van der Waals surface area contributed by atoms with Crippen LogP contribution in [0.1, 0.15) is 20.2 Å². The largest absolute Gasteiger partial charge is 0.378 e. The fraction of sp³-hybridized carbons (Fsp3) is 0.273. The molecule has 0 unspecified atom stereocenters. The Labute approximate surface area is 121 Å². The number of carbonyl (C=O) groups is 1. The van der Waals surface area contributed by atoms with E-state index in [1.165, 1.54) is 11.3 Å². The van der Waals surface area contributed by atoms with Crippen molar-refractivity contribution in [3.8, 4) is 0 Å². The van der Waals surface area contributed by atoms with E-state index in [-0.39, 0.29) is 5.91 Å². The minimum atomic E-state index is -0.103. The number of nitrogens with one attached hydrogen (secondary N) is 1. The number of methoxy groups -OCH3 is 1. The molecule has 0 aromatic carbocycles. The number of halogens is 1. The van der Waals surface area contributed by atoms with Gasteiger partial charge in [0.15, 0.2) is 0 Å². The molecule has 0 aliphatic carbocycles. The Morgan fingerprint density at radius 3 is 3.06 bits per heavy atom. The number of thiazole rings is 1. The van der Waals surface area contributed by atoms with Gasteiger partial charge in [-0.15, -0.1) is 22.7 Å². The molecular weight excluding hydrogens is 336 g/mol. The summed E-state index contributed by atoms with van der Waals surface area (Å²) in [6, 6.07) is 3.95. The van der Waals surface area contributed by atoms with Gasteiger partial charge in [0.05, 0.1) is 28.1 Å². The molecule has 0 aliphatic heterocycles. The van der Waals surface area contributed by atoms with Crippen molar-refractivity contribution in [1.29, 1.82) is 0 Å². The number of ether oxygens (including phenoxy) is 1. The number of nitrogens with zero attached hydrogens (tertiary/aromatic N) is 1. The minimum absolute atomic E-state index is 0.103. The van der Waals surface area contributed by atoms with Gasteiger partial charge in [-0.05, 0) is 28.1 Å². The van der Waals surface area contributed by atoms with E-state index in [1.54, 1.807) is 24.0 Å². The molecule has 96 valence electrons. The third kappa shape index (κ3) is 3.38. The molecule has 2 rings (SSSR count). The van der Waals surface area contributed by atoms with Crippen LogP contribution in [-0.4, -0.2) is 18.0 Å². The molecule has 0 aliphatic rings. The molecule has 1 N–H and O–H groups in total. The molecule has 0 saturated heterocycles. The summed E-state index contributed by atoms with van der Waals surface area (Å²) in [5.74, 6) is -0.103. The fourth-order valence-electron chi connectivity index (χ4n) is 1.39. The number of amides is 1. The summed E-state index contributed by atoms with van der Waals surface area (Å²) in [6.07, 6.45) is 0. The standard InChI is InChI=1S/C11H11BrN2O2S2/c1-16-5-8-10(17-6-14-8)11(15)13-4-7-2-3-9(12)18-7/h2-3,6H,4-5H2,1H3,(H,13,15). The first-order valence-corrected chi connectivity index (χ1v) is 7.63. The Morgan fingerprint density at radius 2 is 2.39 bits per heavy atom. The summed E-state index contributed by atoms with van der Waals surface area (Å²) in [5.41, 5.74) is 2.35. The monoisotopic (exact) mass is 346 g/mol. The van der Waals surface area contributed by atoms with Crippen LogP contribution in [0, 0.1) is 0 Å². The van der Waals surface area contributed by atoms with E-state index in [2.05, 4.69) is 26.2 Å². The Balaban J connectivity index is 1.97. The van der Waals surface area contributed by atoms with Crippen molar-refractivity contribution >= 4 is 44.5 Å². The van der Waals surface area contributed by atoms with Crippen LogP contribution in [0.15, 0.2) is 21.4 Å². The van der Waals surface area contributed by atoms with Crippen molar-refractivity contribution in [2.24, 2.45) is 0 Å². The summed E-state index contributed by atoms with van der Waals surface area (Å²) in [6.45, 7) is 0.885. The Morgan fingerprint density at radius 1 is 1.56 bits per heavy atom. The molecule has 2 aromatic rings. The van der Waals surface area contributed by atoms with E-state index < -0.39 is 0 Å². The zero-order chi connectivity index (χ0) is 13.0. The van der Waals surface area contributed by atoms with Crippen molar-refractivity contribution in [1.82, 2.24) is 10.3 Å². The van der Waals surface area contributed by atoms with Gasteiger partial charge in [0.25, 0.3) is 5.91 Å². The maximum Gasteiger partial charge on any atom is 0.263 e. The number of thiophene rings is 1. The fourth-order valence-corrected chi connectivity index (χ4v) is 3.52. The Kier molecular flexibility index (Phi) is 4.87. The lowest BCUT2D eigenvalue weighted by atomic mass is 10.3. The van der Waals surface area contributed by atoms with E-state index in [4.69, 9.17) is 4.74 Å². The molecule has 1 amide bonds. The van der Waals surface area contributed by atoms with E-state index in [1.807, 2.05) is 12.1 Å². The van der Waals surface area contributed by atoms with Crippen molar-refractivity contribution in [2.75, 3.05) is 7.11 Å². The minimum Gasteiger partial charge on any atom is -0.378 e. The summed E-state index contributed by atoms with van der Waals surface area (Å²) in [5, 5.41) is 2.88. The highest BCUT2D eigenvalue weighted by Crippen LogP contribution is 2.22. The molecular formula is C11H11BrN2O2S2. The molecule has 0 spiro atoms. The van der Waals surface area contributed by atoms with Crippen LogP contribution in [0.5, 0.6) is 0 Å². The zero-order valence-electron chi connectivity index (χ0n) is 9.60. The average Bonchev–Trinajstić information content (AvgIpc) is 2.96. The Bertz CT molecular complexity index is 539. The van der Waals surface area contributed by atoms with Crippen LogP contribution < -0.4 is 5.32 Å². The van der Waals surface area contributed by atoms with Crippen LogP contribution in [0.4, 0.5) is 0 Å². The summed E-state index contributed by atoms with van der Waals surface area (Å²) in [7, 11) is 1.59. The van der Waals surface area contributed by atoms with E-state index in [0.717, 1.165) is 8.66 Å². The van der Waals surface area contributed by atoms with Gasteiger partial charge in [0.1, 0.15) is 4.88 Å². The smallest absolute Gasteiger partial charge is 0.263 e. The van der Waals surface area contributed by atoms with Gasteiger partial charge in [-0.2, -0.15) is 0 Å². The van der Waals surface area contributed by atoms with Gasteiger partial charge in [0.2, 0.25) is 0 Å². The maximum atomic E-state index is 12.0. The first-order valence-electron chi connectivity index (χ1n) is 5.14. The lowest BCUT2D eigenvalue weighted by Gasteiger charge is -2.03. The molecule has 7 heteroatoms. The Hall–Kier alpha value is -0.760. The summed E-state index contributed by atoms with van der Waals surface area (Å²) in [4.78, 5) is 17.8. The highest BCUT2D eigenvalue weighted by molar-refractivity contribution is 9.11. The van der Waals surface area contributed by atoms with Gasteiger partial charge in [-0.1, -0.05) is 0 Å². The topological polar surface area (TPSA) is 51.2 Å². The number of carbonyl (C=O) groups excluding carboxylic acids is 1. The second-order valence-corrected chi connectivity index (χ2v) is 6.85. The molecule has 0 saturated carbocycles. The van der Waals surface area contributed by atoms with Gasteiger partial charge < -0.3 is 10.1 Å². The van der Waals surface area contributed by atoms with Gasteiger partial charge in [0, 0.05) is 12.0 Å². The van der Waals surface area contributed by atoms with E-state index in [9.17, 15) is 4.79 Å². The molecule has 0 atom stereocenters. The molecule has 0 radical (unpaired) electrons. The van der Waals surface area contributed by atoms with Crippen LogP contribution >= 0.6 is 38.6 Å². The molecule has 4 nitrogen and oxygen atoms in total. The zero-order valence-corrected chi connectivity index (χ0v) is 12.8. The quantitative estimate of drug-likeness (QED) is 0.905. The molecule has 2 aromatic heterocycles. The molecule has 2 heterocycles. The van der Waals surface area contributed by atoms with Gasteiger partial charge in [-0.3, -0.25) is 4.79 Å². The highest BCUT2D eigenvalue weighted by atomic mass is 79.9. The third-order valence-corrected chi connectivity index (χ3v) is 4.67. The highest BCUT2D eigenvalue weighted by Gasteiger charge is 2.14. The number of hydrogen-bond donors (Lipinski definition) is 1. The van der Waals surface area contributed by atoms with Crippen LogP contribution in [-0.2, 0) is 17.9 Å². The predicted molar refractivity (Wildman–Crippen MR) is 76.0 cm³/mol.